The third-order valence-electron chi connectivity index (χ3n) is 3.57. The van der Waals surface area contributed by atoms with Crippen LogP contribution in [0.2, 0.25) is 0 Å². The summed E-state index contributed by atoms with van der Waals surface area (Å²) in [5.41, 5.74) is -0.0273. The van der Waals surface area contributed by atoms with Crippen LogP contribution in [0.1, 0.15) is 12.8 Å². The van der Waals surface area contributed by atoms with Crippen LogP contribution in [0, 0.1) is 0 Å². The molecule has 1 aliphatic heterocycles. The first-order chi connectivity index (χ1) is 11.7. The summed E-state index contributed by atoms with van der Waals surface area (Å²) in [6.45, 7) is 0.532. The van der Waals surface area contributed by atoms with Crippen LogP contribution >= 0.6 is 0 Å². The van der Waals surface area contributed by atoms with E-state index < -0.39 is 26.0 Å². The Kier molecular flexibility index (Phi) is 6.03. The molecule has 0 aromatic heterocycles. The van der Waals surface area contributed by atoms with Crippen molar-refractivity contribution in [3.63, 3.8) is 0 Å². The Hall–Kier alpha value is -1.69. The summed E-state index contributed by atoms with van der Waals surface area (Å²) >= 11 is 0. The summed E-state index contributed by atoms with van der Waals surface area (Å²) in [6.07, 6.45) is 0.336. The fourth-order valence-electron chi connectivity index (χ4n) is 2.37. The molecule has 1 saturated heterocycles. The normalized spacial score (nSPS) is 17.0. The van der Waals surface area contributed by atoms with E-state index >= 15 is 0 Å². The number of amides is 1. The van der Waals surface area contributed by atoms with Crippen molar-refractivity contribution in [1.29, 1.82) is 0 Å². The van der Waals surface area contributed by atoms with Crippen molar-refractivity contribution in [3.8, 4) is 5.75 Å². The number of anilines is 1. The monoisotopic (exact) mass is 392 g/mol. The van der Waals surface area contributed by atoms with Crippen LogP contribution in [0.3, 0.4) is 0 Å². The molecule has 1 aromatic carbocycles. The minimum Gasteiger partial charge on any atom is -0.495 e. The number of sulfonamides is 2. The van der Waals surface area contributed by atoms with Gasteiger partial charge in [-0.2, -0.15) is 0 Å². The lowest BCUT2D eigenvalue weighted by Gasteiger charge is -2.18. The molecule has 25 heavy (non-hydrogen) atoms. The third-order valence-corrected chi connectivity index (χ3v) is 6.74. The molecule has 0 saturated carbocycles. The van der Waals surface area contributed by atoms with Gasteiger partial charge in [-0.25, -0.2) is 25.9 Å². The van der Waals surface area contributed by atoms with Crippen LogP contribution < -0.4 is 13.8 Å². The van der Waals surface area contributed by atoms with E-state index in [1.165, 1.54) is 26.4 Å². The second-order valence-electron chi connectivity index (χ2n) is 5.30. The molecule has 11 heteroatoms. The molecule has 0 atom stereocenters. The van der Waals surface area contributed by atoms with Gasteiger partial charge in [-0.15, -0.1) is 0 Å². The highest BCUT2D eigenvalue weighted by atomic mass is 32.2. The van der Waals surface area contributed by atoms with Gasteiger partial charge in [-0.1, -0.05) is 0 Å². The van der Waals surface area contributed by atoms with E-state index in [-0.39, 0.29) is 35.1 Å². The average molecular weight is 392 g/mol. The van der Waals surface area contributed by atoms with Crippen molar-refractivity contribution < 1.29 is 31.1 Å². The molecular weight excluding hydrogens is 372 g/mol. The number of nitrogens with zero attached hydrogens (tertiary/aromatic N) is 1. The van der Waals surface area contributed by atoms with Gasteiger partial charge in [-0.3, -0.25) is 4.79 Å². The Balaban J connectivity index is 2.39. The van der Waals surface area contributed by atoms with Crippen molar-refractivity contribution in [2.75, 3.05) is 37.4 Å². The maximum absolute atomic E-state index is 12.5. The molecule has 0 radical (unpaired) electrons. The summed E-state index contributed by atoms with van der Waals surface area (Å²) in [5.74, 6) is -0.844. The molecule has 9 nitrogen and oxygen atoms in total. The smallest absolute Gasteiger partial charge is 0.244 e. The number of hydrogen-bond acceptors (Lipinski definition) is 7. The molecule has 2 rings (SSSR count). The molecular formula is C14H20N2O7S2. The summed E-state index contributed by atoms with van der Waals surface area (Å²) in [5, 5.41) is 0. The van der Waals surface area contributed by atoms with E-state index in [0.29, 0.717) is 17.3 Å². The Morgan fingerprint density at radius 3 is 2.56 bits per heavy atom. The van der Waals surface area contributed by atoms with Gasteiger partial charge in [0.25, 0.3) is 0 Å². The molecule has 1 aromatic rings. The van der Waals surface area contributed by atoms with Crippen LogP contribution in [0.25, 0.3) is 0 Å². The molecule has 0 aliphatic carbocycles. The zero-order chi connectivity index (χ0) is 18.7. The van der Waals surface area contributed by atoms with Crippen LogP contribution in [-0.2, 0) is 29.6 Å². The van der Waals surface area contributed by atoms with E-state index in [2.05, 4.69) is 4.72 Å². The molecule has 1 fully saturated rings. The quantitative estimate of drug-likeness (QED) is 0.622. The van der Waals surface area contributed by atoms with Gasteiger partial charge < -0.3 is 9.47 Å². The first-order valence-electron chi connectivity index (χ1n) is 7.45. The number of carbonyl (C=O) groups is 1. The number of ether oxygens (including phenoxy) is 2. The van der Waals surface area contributed by atoms with Gasteiger partial charge in [0.15, 0.2) is 0 Å². The van der Waals surface area contributed by atoms with E-state index in [1.807, 2.05) is 0 Å². The molecule has 1 aliphatic rings. The number of benzene rings is 1. The first kappa shape index (κ1) is 19.6. The lowest BCUT2D eigenvalue weighted by atomic mass is 10.3. The maximum Gasteiger partial charge on any atom is 0.244 e. The first-order valence-corrected chi connectivity index (χ1v) is 10.5. The van der Waals surface area contributed by atoms with Crippen molar-refractivity contribution in [3.05, 3.63) is 18.2 Å². The fraction of sp³-hybridized carbons (Fsp3) is 0.500. The van der Waals surface area contributed by atoms with E-state index in [4.69, 9.17) is 9.47 Å². The maximum atomic E-state index is 12.5. The zero-order valence-electron chi connectivity index (χ0n) is 13.9. The second-order valence-corrected chi connectivity index (χ2v) is 8.98. The molecule has 1 N–H and O–H groups in total. The number of carbonyl (C=O) groups excluding carboxylic acids is 1. The summed E-state index contributed by atoms with van der Waals surface area (Å²) in [4.78, 5) is 11.7. The Labute approximate surface area is 147 Å². The second kappa shape index (κ2) is 7.68. The Bertz CT molecular complexity index is 850. The van der Waals surface area contributed by atoms with Crippen LogP contribution in [0.4, 0.5) is 5.69 Å². The summed E-state index contributed by atoms with van der Waals surface area (Å²) < 4.78 is 62.0. The highest BCUT2D eigenvalue weighted by Crippen LogP contribution is 2.32. The van der Waals surface area contributed by atoms with E-state index in [1.54, 1.807) is 0 Å². The van der Waals surface area contributed by atoms with Gasteiger partial charge in [0.1, 0.15) is 10.6 Å². The molecule has 0 unspecified atom stereocenters. The number of nitrogens with one attached hydrogen (secondary N) is 1. The van der Waals surface area contributed by atoms with Gasteiger partial charge >= 0.3 is 0 Å². The zero-order valence-corrected chi connectivity index (χ0v) is 15.5. The molecule has 1 heterocycles. The van der Waals surface area contributed by atoms with Crippen molar-refractivity contribution in [2.24, 2.45) is 0 Å². The molecule has 140 valence electrons. The minimum absolute atomic E-state index is 0.0273. The summed E-state index contributed by atoms with van der Waals surface area (Å²) in [6, 6.07) is 3.78. The predicted octanol–water partition coefficient (Wildman–Crippen LogP) is 0.0765. The molecule has 1 amide bonds. The van der Waals surface area contributed by atoms with Crippen molar-refractivity contribution in [1.82, 2.24) is 4.72 Å². The SMILES string of the molecule is COCCCNS(=O)(=O)c1cc(N2C(=O)CCS2(=O)=O)ccc1OC. The largest absolute Gasteiger partial charge is 0.495 e. The highest BCUT2D eigenvalue weighted by molar-refractivity contribution is 7.94. The van der Waals surface area contributed by atoms with Crippen molar-refractivity contribution >= 4 is 31.6 Å². The number of methoxy groups -OCH3 is 2. The summed E-state index contributed by atoms with van der Waals surface area (Å²) in [7, 11) is -4.93. The minimum atomic E-state index is -3.95. The van der Waals surface area contributed by atoms with Gasteiger partial charge in [0.2, 0.25) is 26.0 Å². The van der Waals surface area contributed by atoms with Crippen LogP contribution in [-0.4, -0.2) is 55.9 Å². The lowest BCUT2D eigenvalue weighted by Crippen LogP contribution is -2.30. The number of hydrogen-bond donors (Lipinski definition) is 1. The lowest BCUT2D eigenvalue weighted by molar-refractivity contribution is -0.116. The fourth-order valence-corrected chi connectivity index (χ4v) is 5.08. The Morgan fingerprint density at radius 1 is 1.28 bits per heavy atom. The van der Waals surface area contributed by atoms with Gasteiger partial charge in [-0.05, 0) is 24.6 Å². The standard InChI is InChI=1S/C14H20N2O7S2/c1-22-8-3-7-15-25(20,21)13-10-11(4-5-12(13)23-2)16-14(17)6-9-24(16,18)19/h4-5,10,15H,3,6-9H2,1-2H3. The Morgan fingerprint density at radius 2 is 2.00 bits per heavy atom. The highest BCUT2D eigenvalue weighted by Gasteiger charge is 2.37. The predicted molar refractivity (Wildman–Crippen MR) is 90.6 cm³/mol. The van der Waals surface area contributed by atoms with E-state index in [0.717, 1.165) is 6.07 Å². The van der Waals surface area contributed by atoms with Gasteiger partial charge in [0.05, 0.1) is 18.6 Å². The molecule has 0 bridgehead atoms. The van der Waals surface area contributed by atoms with Crippen molar-refractivity contribution in [2.45, 2.75) is 17.7 Å². The van der Waals surface area contributed by atoms with Crippen LogP contribution in [0.15, 0.2) is 23.1 Å². The topological polar surface area (TPSA) is 119 Å². The third kappa shape index (κ3) is 4.29. The average Bonchev–Trinajstić information content (AvgIpc) is 2.84. The van der Waals surface area contributed by atoms with Gasteiger partial charge in [0, 0.05) is 26.7 Å². The van der Waals surface area contributed by atoms with Crippen LogP contribution in [0.5, 0.6) is 5.75 Å². The van der Waals surface area contributed by atoms with E-state index in [9.17, 15) is 21.6 Å². The number of rotatable bonds is 8. The molecule has 0 spiro atoms.